The minimum Gasteiger partial charge on any atom is -0.457 e. The van der Waals surface area contributed by atoms with Crippen molar-refractivity contribution in [1.82, 2.24) is 5.32 Å². The molecule has 1 amide bonds. The molecule has 1 aromatic heterocycles. The molecule has 7 heteroatoms. The van der Waals surface area contributed by atoms with Crippen LogP contribution in [0.25, 0.3) is 17.4 Å². The number of hydrogen-bond acceptors (Lipinski definition) is 3. The number of halogens is 2. The van der Waals surface area contributed by atoms with Crippen molar-refractivity contribution < 1.29 is 18.0 Å². The van der Waals surface area contributed by atoms with Crippen molar-refractivity contribution >= 4 is 35.0 Å². The van der Waals surface area contributed by atoms with Crippen molar-refractivity contribution in [3.63, 3.8) is 0 Å². The van der Waals surface area contributed by atoms with E-state index in [1.807, 2.05) is 0 Å². The summed E-state index contributed by atoms with van der Waals surface area (Å²) in [6.45, 7) is 0. The Kier molecular flexibility index (Phi) is 4.29. The predicted octanol–water partition coefficient (Wildman–Crippen LogP) is 4.49. The van der Waals surface area contributed by atoms with Crippen LogP contribution in [0.5, 0.6) is 0 Å². The Bertz CT molecular complexity index is 1070. The summed E-state index contributed by atoms with van der Waals surface area (Å²) in [5.74, 6) is -0.433. The molecule has 0 bridgehead atoms. The molecule has 0 aliphatic carbocycles. The Morgan fingerprint density at radius 2 is 1.74 bits per heavy atom. The van der Waals surface area contributed by atoms with Crippen LogP contribution in [0.1, 0.15) is 5.76 Å². The monoisotopic (exact) mass is 382 g/mol. The summed E-state index contributed by atoms with van der Waals surface area (Å²) in [7, 11) is 0. The normalized spacial score (nSPS) is 15.5. The number of thiocarbonyl (C=S) groups is 1. The molecule has 1 saturated heterocycles. The van der Waals surface area contributed by atoms with Crippen LogP contribution >= 0.6 is 12.2 Å². The molecule has 3 aromatic rings. The fraction of sp³-hybridized carbons (Fsp3) is 0. The highest BCUT2D eigenvalue weighted by Crippen LogP contribution is 2.27. The summed E-state index contributed by atoms with van der Waals surface area (Å²) in [4.78, 5) is 13.7. The van der Waals surface area contributed by atoms with Gasteiger partial charge in [0.1, 0.15) is 28.9 Å². The van der Waals surface area contributed by atoms with Crippen LogP contribution in [0.3, 0.4) is 0 Å². The van der Waals surface area contributed by atoms with Crippen molar-refractivity contribution in [1.29, 1.82) is 0 Å². The van der Waals surface area contributed by atoms with Gasteiger partial charge >= 0.3 is 0 Å². The first-order valence-corrected chi connectivity index (χ1v) is 8.41. The highest BCUT2D eigenvalue weighted by molar-refractivity contribution is 7.80. The van der Waals surface area contributed by atoms with Crippen LogP contribution in [-0.2, 0) is 4.79 Å². The number of nitrogens with zero attached hydrogens (tertiary/aromatic N) is 1. The number of hydrogen-bond donors (Lipinski definition) is 1. The zero-order valence-corrected chi connectivity index (χ0v) is 14.6. The summed E-state index contributed by atoms with van der Waals surface area (Å²) in [6.07, 6.45) is 1.49. The van der Waals surface area contributed by atoms with Gasteiger partial charge < -0.3 is 9.73 Å². The molecule has 0 saturated carbocycles. The standard InChI is InChI=1S/C20H12F2N2O2S/c21-13-7-5-12(6-8-13)18-10-9-14(26-18)11-16-19(25)24(20(27)23-16)17-4-2-1-3-15(17)22/h1-11H,(H,23,27)/b16-11-. The fourth-order valence-electron chi connectivity index (χ4n) is 2.73. The number of amides is 1. The summed E-state index contributed by atoms with van der Waals surface area (Å²) in [5.41, 5.74) is 0.952. The molecule has 27 heavy (non-hydrogen) atoms. The minimum absolute atomic E-state index is 0.0786. The molecule has 0 radical (unpaired) electrons. The second-order valence-corrected chi connectivity index (χ2v) is 6.18. The number of carbonyl (C=O) groups is 1. The number of furan rings is 1. The highest BCUT2D eigenvalue weighted by atomic mass is 32.1. The molecule has 1 N–H and O–H groups in total. The van der Waals surface area contributed by atoms with E-state index in [1.54, 1.807) is 30.3 Å². The van der Waals surface area contributed by atoms with Crippen molar-refractivity contribution in [3.05, 3.63) is 83.8 Å². The SMILES string of the molecule is O=C1/C(=C/c2ccc(-c3ccc(F)cc3)o2)NC(=S)N1c1ccccc1F. The Morgan fingerprint density at radius 1 is 1.00 bits per heavy atom. The van der Waals surface area contributed by atoms with Gasteiger partial charge in [-0.2, -0.15) is 0 Å². The van der Waals surface area contributed by atoms with Gasteiger partial charge in [-0.1, -0.05) is 12.1 Å². The van der Waals surface area contributed by atoms with Gasteiger partial charge in [0.25, 0.3) is 5.91 Å². The van der Waals surface area contributed by atoms with Crippen molar-refractivity contribution in [3.8, 4) is 11.3 Å². The lowest BCUT2D eigenvalue weighted by Gasteiger charge is -2.14. The van der Waals surface area contributed by atoms with E-state index in [1.165, 1.54) is 36.4 Å². The molecule has 134 valence electrons. The molecule has 1 fully saturated rings. The lowest BCUT2D eigenvalue weighted by atomic mass is 10.2. The summed E-state index contributed by atoms with van der Waals surface area (Å²) in [5, 5.41) is 2.86. The number of carbonyl (C=O) groups excluding carboxylic acids is 1. The van der Waals surface area contributed by atoms with E-state index in [2.05, 4.69) is 5.32 Å². The zero-order valence-electron chi connectivity index (χ0n) is 13.8. The lowest BCUT2D eigenvalue weighted by Crippen LogP contribution is -2.31. The van der Waals surface area contributed by atoms with Crippen LogP contribution in [0.15, 0.2) is 70.8 Å². The smallest absolute Gasteiger partial charge is 0.281 e. The molecule has 2 heterocycles. The molecule has 0 unspecified atom stereocenters. The van der Waals surface area contributed by atoms with Crippen molar-refractivity contribution in [2.75, 3.05) is 4.90 Å². The Labute approximate surface area is 158 Å². The molecule has 2 aromatic carbocycles. The lowest BCUT2D eigenvalue weighted by molar-refractivity contribution is -0.113. The van der Waals surface area contributed by atoms with Gasteiger partial charge in [0.05, 0.1) is 5.69 Å². The van der Waals surface area contributed by atoms with E-state index in [9.17, 15) is 13.6 Å². The predicted molar refractivity (Wildman–Crippen MR) is 102 cm³/mol. The second-order valence-electron chi connectivity index (χ2n) is 5.79. The van der Waals surface area contributed by atoms with Crippen LogP contribution in [0, 0.1) is 11.6 Å². The minimum atomic E-state index is -0.548. The first kappa shape index (κ1) is 17.1. The maximum absolute atomic E-state index is 14.0. The van der Waals surface area contributed by atoms with E-state index in [0.29, 0.717) is 17.1 Å². The third-order valence-corrected chi connectivity index (χ3v) is 4.30. The van der Waals surface area contributed by atoms with Crippen molar-refractivity contribution in [2.24, 2.45) is 0 Å². The van der Waals surface area contributed by atoms with E-state index in [-0.39, 0.29) is 22.3 Å². The van der Waals surface area contributed by atoms with Gasteiger partial charge in [-0.25, -0.2) is 13.7 Å². The second kappa shape index (κ2) is 6.77. The molecule has 0 spiro atoms. The number of benzene rings is 2. The fourth-order valence-corrected chi connectivity index (χ4v) is 3.02. The Morgan fingerprint density at radius 3 is 2.48 bits per heavy atom. The van der Waals surface area contributed by atoms with E-state index >= 15 is 0 Å². The molecular weight excluding hydrogens is 370 g/mol. The third-order valence-electron chi connectivity index (χ3n) is 4.01. The van der Waals surface area contributed by atoms with Gasteiger partial charge in [-0.15, -0.1) is 0 Å². The molecule has 1 aliphatic heterocycles. The quantitative estimate of drug-likeness (QED) is 0.536. The highest BCUT2D eigenvalue weighted by Gasteiger charge is 2.33. The maximum Gasteiger partial charge on any atom is 0.281 e. The van der Waals surface area contributed by atoms with Crippen LogP contribution in [0.4, 0.5) is 14.5 Å². The van der Waals surface area contributed by atoms with E-state index < -0.39 is 11.7 Å². The van der Waals surface area contributed by atoms with Gasteiger partial charge in [0.2, 0.25) is 0 Å². The van der Waals surface area contributed by atoms with Crippen LogP contribution in [0.2, 0.25) is 0 Å². The topological polar surface area (TPSA) is 45.5 Å². The number of anilines is 1. The maximum atomic E-state index is 14.0. The Hall–Kier alpha value is -3.32. The van der Waals surface area contributed by atoms with Gasteiger partial charge in [-0.05, 0) is 60.7 Å². The first-order valence-electron chi connectivity index (χ1n) is 8.00. The largest absolute Gasteiger partial charge is 0.457 e. The van der Waals surface area contributed by atoms with E-state index in [4.69, 9.17) is 16.6 Å². The molecule has 1 aliphatic rings. The molecule has 0 atom stereocenters. The Balaban J connectivity index is 1.62. The van der Waals surface area contributed by atoms with Crippen molar-refractivity contribution in [2.45, 2.75) is 0 Å². The third kappa shape index (κ3) is 3.24. The number of rotatable bonds is 3. The molecule has 4 nitrogen and oxygen atoms in total. The average molecular weight is 382 g/mol. The number of nitrogens with one attached hydrogen (secondary N) is 1. The van der Waals surface area contributed by atoms with Gasteiger partial charge in [0.15, 0.2) is 5.11 Å². The van der Waals surface area contributed by atoms with Crippen LogP contribution in [-0.4, -0.2) is 11.0 Å². The summed E-state index contributed by atoms with van der Waals surface area (Å²) >= 11 is 5.17. The van der Waals surface area contributed by atoms with Gasteiger partial charge in [0, 0.05) is 11.6 Å². The summed E-state index contributed by atoms with van der Waals surface area (Å²) in [6, 6.07) is 15.1. The molecule has 4 rings (SSSR count). The number of para-hydroxylation sites is 1. The zero-order chi connectivity index (χ0) is 19.0. The molecular formula is C20H12F2N2O2S. The summed E-state index contributed by atoms with van der Waals surface area (Å²) < 4.78 is 32.7. The van der Waals surface area contributed by atoms with Crippen LogP contribution < -0.4 is 10.2 Å². The first-order chi connectivity index (χ1) is 13.0. The van der Waals surface area contributed by atoms with Gasteiger partial charge in [-0.3, -0.25) is 4.79 Å². The average Bonchev–Trinajstić information content (AvgIpc) is 3.22. The van der Waals surface area contributed by atoms with E-state index in [0.717, 1.165) is 4.90 Å².